The number of ketones is 1. The maximum absolute atomic E-state index is 12.6. The number of hydrogen-bond acceptors (Lipinski definition) is 7. The molecule has 0 radical (unpaired) electrons. The molecule has 0 aromatic rings. The van der Waals surface area contributed by atoms with Gasteiger partial charge in [0.2, 0.25) is 11.6 Å². The van der Waals surface area contributed by atoms with Gasteiger partial charge in [0, 0.05) is 26.7 Å². The van der Waals surface area contributed by atoms with E-state index < -0.39 is 35.7 Å². The van der Waals surface area contributed by atoms with Crippen LogP contribution in [0.25, 0.3) is 0 Å². The number of ether oxygens (including phenoxy) is 4. The number of rotatable bonds is 4. The van der Waals surface area contributed by atoms with Crippen LogP contribution in [-0.4, -0.2) is 50.9 Å². The van der Waals surface area contributed by atoms with Crippen LogP contribution < -0.4 is 0 Å². The minimum atomic E-state index is -1.54. The van der Waals surface area contributed by atoms with Crippen molar-refractivity contribution in [3.8, 4) is 0 Å². The van der Waals surface area contributed by atoms with Crippen molar-refractivity contribution in [3.05, 3.63) is 11.6 Å². The Morgan fingerprint density at radius 2 is 1.86 bits per heavy atom. The fraction of sp³-hybridized carbons (Fsp3) is 0.643. The zero-order chi connectivity index (χ0) is 15.8. The summed E-state index contributed by atoms with van der Waals surface area (Å²) in [6.45, 7) is 1.28. The van der Waals surface area contributed by atoms with Crippen LogP contribution in [0.3, 0.4) is 0 Å². The van der Waals surface area contributed by atoms with E-state index in [1.165, 1.54) is 34.3 Å². The van der Waals surface area contributed by atoms with Gasteiger partial charge in [0.1, 0.15) is 6.10 Å². The first-order valence-corrected chi connectivity index (χ1v) is 6.53. The first kappa shape index (κ1) is 15.7. The number of carbonyl (C=O) groups is 3. The van der Waals surface area contributed by atoms with Gasteiger partial charge in [0.25, 0.3) is 0 Å². The fourth-order valence-electron chi connectivity index (χ4n) is 3.16. The molecule has 0 saturated heterocycles. The molecule has 3 rings (SSSR count). The smallest absolute Gasteiger partial charge is 0.333 e. The Bertz CT molecular complexity index is 503. The zero-order valence-corrected chi connectivity index (χ0v) is 12.4. The van der Waals surface area contributed by atoms with Crippen molar-refractivity contribution in [2.75, 3.05) is 21.3 Å². The van der Waals surface area contributed by atoms with Crippen LogP contribution in [0.5, 0.6) is 0 Å². The Morgan fingerprint density at radius 3 is 2.33 bits per heavy atom. The average molecular weight is 298 g/mol. The summed E-state index contributed by atoms with van der Waals surface area (Å²) >= 11 is 0. The number of esters is 2. The monoisotopic (exact) mass is 298 g/mol. The van der Waals surface area contributed by atoms with Gasteiger partial charge in [-0.1, -0.05) is 6.08 Å². The van der Waals surface area contributed by atoms with Gasteiger partial charge in [-0.3, -0.25) is 9.59 Å². The third-order valence-electron chi connectivity index (χ3n) is 4.05. The molecule has 0 heterocycles. The lowest BCUT2D eigenvalue weighted by Gasteiger charge is -2.49. The van der Waals surface area contributed by atoms with Gasteiger partial charge < -0.3 is 18.9 Å². The van der Waals surface area contributed by atoms with Crippen LogP contribution in [0.4, 0.5) is 0 Å². The van der Waals surface area contributed by atoms with Crippen LogP contribution in [0.15, 0.2) is 11.6 Å². The topological polar surface area (TPSA) is 88.1 Å². The number of hydrogen-bond donors (Lipinski definition) is 0. The Balaban J connectivity index is 2.46. The Morgan fingerprint density at radius 1 is 1.24 bits per heavy atom. The molecule has 3 aliphatic carbocycles. The molecule has 0 aliphatic heterocycles. The Hall–Kier alpha value is -1.73. The van der Waals surface area contributed by atoms with E-state index in [4.69, 9.17) is 18.9 Å². The first-order chi connectivity index (χ1) is 9.91. The molecular formula is C14H18O7. The van der Waals surface area contributed by atoms with Crippen LogP contribution in [-0.2, 0) is 33.3 Å². The molecular weight excluding hydrogens is 280 g/mol. The van der Waals surface area contributed by atoms with E-state index in [9.17, 15) is 14.4 Å². The highest BCUT2D eigenvalue weighted by Crippen LogP contribution is 2.48. The van der Waals surface area contributed by atoms with Crippen LogP contribution >= 0.6 is 0 Å². The third-order valence-corrected chi connectivity index (χ3v) is 4.05. The zero-order valence-electron chi connectivity index (χ0n) is 12.4. The molecule has 3 aliphatic rings. The molecule has 1 fully saturated rings. The van der Waals surface area contributed by atoms with Crippen molar-refractivity contribution in [1.29, 1.82) is 0 Å². The molecule has 0 amide bonds. The van der Waals surface area contributed by atoms with Gasteiger partial charge in [0.15, 0.2) is 0 Å². The van der Waals surface area contributed by atoms with Crippen molar-refractivity contribution >= 4 is 17.7 Å². The lowest BCUT2D eigenvalue weighted by Crippen LogP contribution is -2.63. The molecule has 7 nitrogen and oxygen atoms in total. The lowest BCUT2D eigenvalue weighted by atomic mass is 9.65. The van der Waals surface area contributed by atoms with E-state index in [1.54, 1.807) is 0 Å². The molecule has 0 unspecified atom stereocenters. The first-order valence-electron chi connectivity index (χ1n) is 6.53. The van der Waals surface area contributed by atoms with Crippen molar-refractivity contribution < 1.29 is 33.3 Å². The highest BCUT2D eigenvalue weighted by Gasteiger charge is 2.62. The normalized spacial score (nSPS) is 29.8. The van der Waals surface area contributed by atoms with Crippen LogP contribution in [0.1, 0.15) is 13.3 Å². The highest BCUT2D eigenvalue weighted by molar-refractivity contribution is 6.00. The van der Waals surface area contributed by atoms with E-state index >= 15 is 0 Å². The number of carbonyl (C=O) groups excluding carboxylic acids is 3. The average Bonchev–Trinajstić information content (AvgIpc) is 2.47. The summed E-state index contributed by atoms with van der Waals surface area (Å²) in [4.78, 5) is 35.6. The number of fused-ring (bicyclic) bond motifs is 2. The van der Waals surface area contributed by atoms with Crippen molar-refractivity contribution in [2.45, 2.75) is 25.2 Å². The fourth-order valence-corrected chi connectivity index (χ4v) is 3.16. The molecule has 3 atom stereocenters. The van der Waals surface area contributed by atoms with Gasteiger partial charge in [-0.25, -0.2) is 4.79 Å². The molecule has 2 bridgehead atoms. The van der Waals surface area contributed by atoms with Crippen molar-refractivity contribution in [1.82, 2.24) is 0 Å². The Labute approximate surface area is 122 Å². The molecule has 7 heteroatoms. The van der Waals surface area contributed by atoms with Gasteiger partial charge in [-0.05, 0) is 6.42 Å². The van der Waals surface area contributed by atoms with Crippen LogP contribution in [0, 0.1) is 11.8 Å². The SMILES string of the molecule is COC(=O)C1=C[C@@H]2C(=O)C(OC)(OC)[C@H]1C[C@@H]2OC(C)=O. The number of methoxy groups -OCH3 is 3. The van der Waals surface area contributed by atoms with Gasteiger partial charge in [-0.2, -0.15) is 0 Å². The summed E-state index contributed by atoms with van der Waals surface area (Å²) in [5.74, 6) is -4.39. The Kier molecular flexibility index (Phi) is 4.15. The summed E-state index contributed by atoms with van der Waals surface area (Å²) in [6.07, 6.45) is 1.14. The second-order valence-electron chi connectivity index (χ2n) is 5.02. The second kappa shape index (κ2) is 5.57. The highest BCUT2D eigenvalue weighted by atomic mass is 16.7. The summed E-state index contributed by atoms with van der Waals surface area (Å²) < 4.78 is 20.5. The number of Topliss-reactive ketones (excluding diaryl/α,β-unsaturated/α-hetero) is 1. The summed E-state index contributed by atoms with van der Waals surface area (Å²) in [5.41, 5.74) is 0.314. The van der Waals surface area contributed by atoms with E-state index in [-0.39, 0.29) is 12.2 Å². The lowest BCUT2D eigenvalue weighted by molar-refractivity contribution is -0.247. The minimum Gasteiger partial charge on any atom is -0.466 e. The predicted octanol–water partition coefficient (Wildman–Crippen LogP) is 0.225. The van der Waals surface area contributed by atoms with E-state index in [0.29, 0.717) is 5.57 Å². The molecule has 21 heavy (non-hydrogen) atoms. The van der Waals surface area contributed by atoms with Crippen LogP contribution in [0.2, 0.25) is 0 Å². The predicted molar refractivity (Wildman–Crippen MR) is 69.0 cm³/mol. The minimum absolute atomic E-state index is 0.263. The van der Waals surface area contributed by atoms with Gasteiger partial charge >= 0.3 is 11.9 Å². The van der Waals surface area contributed by atoms with Crippen molar-refractivity contribution in [2.24, 2.45) is 11.8 Å². The third kappa shape index (κ3) is 2.26. The molecule has 116 valence electrons. The molecule has 0 aromatic carbocycles. The molecule has 0 aromatic heterocycles. The maximum atomic E-state index is 12.6. The molecule has 0 N–H and O–H groups in total. The van der Waals surface area contributed by atoms with Gasteiger partial charge in [0.05, 0.1) is 18.9 Å². The van der Waals surface area contributed by atoms with E-state index in [2.05, 4.69) is 0 Å². The maximum Gasteiger partial charge on any atom is 0.333 e. The van der Waals surface area contributed by atoms with Gasteiger partial charge in [-0.15, -0.1) is 0 Å². The van der Waals surface area contributed by atoms with E-state index in [0.717, 1.165) is 0 Å². The standard InChI is InChI=1S/C14H18O7/c1-7(15)21-11-6-10-8(13(17)18-2)5-9(11)12(16)14(10,19-3)20-4/h5,9-11H,6H2,1-4H3/t9-,10-,11-/m0/s1. The largest absolute Gasteiger partial charge is 0.466 e. The summed E-state index contributed by atoms with van der Waals surface area (Å²) in [7, 11) is 3.95. The molecule has 1 saturated carbocycles. The van der Waals surface area contributed by atoms with Crippen molar-refractivity contribution in [3.63, 3.8) is 0 Å². The summed E-state index contributed by atoms with van der Waals surface area (Å²) in [6, 6.07) is 0. The summed E-state index contributed by atoms with van der Waals surface area (Å²) in [5, 5.41) is 0. The van der Waals surface area contributed by atoms with E-state index in [1.807, 2.05) is 0 Å². The second-order valence-corrected chi connectivity index (χ2v) is 5.02. The molecule has 0 spiro atoms. The quantitative estimate of drug-likeness (QED) is 0.542.